The predicted molar refractivity (Wildman–Crippen MR) is 75.4 cm³/mol. The Labute approximate surface area is 127 Å². The van der Waals surface area contributed by atoms with Gasteiger partial charge in [0.1, 0.15) is 10.4 Å². The minimum absolute atomic E-state index is 0.145. The van der Waals surface area contributed by atoms with E-state index in [0.717, 1.165) is 17.7 Å². The molecule has 0 atom stereocenters. The third kappa shape index (κ3) is 3.93. The number of aryl methyl sites for hydroxylation is 1. The van der Waals surface area contributed by atoms with Gasteiger partial charge in [0.25, 0.3) is 0 Å². The Balaban J connectivity index is 2.15. The van der Waals surface area contributed by atoms with E-state index in [9.17, 15) is 17.6 Å². The molecule has 0 unspecified atom stereocenters. The molecule has 0 spiro atoms. The van der Waals surface area contributed by atoms with E-state index in [4.69, 9.17) is 0 Å². The van der Waals surface area contributed by atoms with Crippen LogP contribution in [0.5, 0.6) is 0 Å². The number of alkyl halides is 3. The van der Waals surface area contributed by atoms with Gasteiger partial charge in [-0.15, -0.1) is 0 Å². The molecule has 2 aromatic rings. The van der Waals surface area contributed by atoms with E-state index in [1.807, 2.05) is 13.0 Å². The normalized spacial score (nSPS) is 11.5. The molecule has 1 aromatic carbocycles. The topological polar surface area (TPSA) is 24.9 Å². The van der Waals surface area contributed by atoms with Gasteiger partial charge in [0.2, 0.25) is 0 Å². The molecule has 0 saturated heterocycles. The largest absolute Gasteiger partial charge is 0.419 e. The summed E-state index contributed by atoms with van der Waals surface area (Å²) in [5.74, 6) is -1.27. The van der Waals surface area contributed by atoms with E-state index in [2.05, 4.69) is 26.2 Å². The molecule has 21 heavy (non-hydrogen) atoms. The van der Waals surface area contributed by atoms with Gasteiger partial charge in [0.05, 0.1) is 17.4 Å². The summed E-state index contributed by atoms with van der Waals surface area (Å²) < 4.78 is 51.7. The number of anilines is 1. The molecule has 1 aromatic heterocycles. The van der Waals surface area contributed by atoms with Gasteiger partial charge in [-0.05, 0) is 52.2 Å². The van der Waals surface area contributed by atoms with E-state index >= 15 is 0 Å². The fraction of sp³-hybridized carbons (Fsp3) is 0.214. The number of benzene rings is 1. The van der Waals surface area contributed by atoms with Crippen molar-refractivity contribution in [1.29, 1.82) is 0 Å². The minimum Gasteiger partial charge on any atom is -0.380 e. The Bertz CT molecular complexity index is 656. The lowest BCUT2D eigenvalue weighted by Crippen LogP contribution is -2.10. The van der Waals surface area contributed by atoms with Gasteiger partial charge < -0.3 is 5.32 Å². The number of aromatic nitrogens is 1. The molecule has 0 radical (unpaired) electrons. The van der Waals surface area contributed by atoms with Gasteiger partial charge >= 0.3 is 6.18 Å². The lowest BCUT2D eigenvalue weighted by atomic mass is 10.1. The predicted octanol–water partition coefficient (Wildman–Crippen LogP) is 4.92. The molecule has 7 heteroatoms. The van der Waals surface area contributed by atoms with Crippen LogP contribution in [0.25, 0.3) is 0 Å². The molecule has 0 aliphatic heterocycles. The first-order valence-corrected chi connectivity index (χ1v) is 6.78. The Morgan fingerprint density at radius 2 is 1.95 bits per heavy atom. The van der Waals surface area contributed by atoms with Crippen molar-refractivity contribution >= 4 is 21.6 Å². The fourth-order valence-corrected chi connectivity index (χ4v) is 1.98. The summed E-state index contributed by atoms with van der Waals surface area (Å²) in [6, 6.07) is 4.76. The highest BCUT2D eigenvalue weighted by atomic mass is 79.9. The smallest absolute Gasteiger partial charge is 0.380 e. The molecule has 0 saturated carbocycles. The lowest BCUT2D eigenvalue weighted by molar-refractivity contribution is -0.140. The SMILES string of the molecule is Cc1cc(NCc2ccc(F)c(C(F)(F)F)c2)cnc1Br. The maximum absolute atomic E-state index is 13.2. The minimum atomic E-state index is -4.70. The number of pyridine rings is 1. The first-order chi connectivity index (χ1) is 9.77. The Morgan fingerprint density at radius 1 is 1.24 bits per heavy atom. The van der Waals surface area contributed by atoms with Crippen LogP contribution in [-0.4, -0.2) is 4.98 Å². The van der Waals surface area contributed by atoms with E-state index < -0.39 is 17.6 Å². The Morgan fingerprint density at radius 3 is 2.57 bits per heavy atom. The Kier molecular flexibility index (Phi) is 4.51. The van der Waals surface area contributed by atoms with Gasteiger partial charge in [-0.25, -0.2) is 9.37 Å². The van der Waals surface area contributed by atoms with Crippen LogP contribution < -0.4 is 5.32 Å². The quantitative estimate of drug-likeness (QED) is 0.618. The van der Waals surface area contributed by atoms with Crippen molar-refractivity contribution in [1.82, 2.24) is 4.98 Å². The van der Waals surface area contributed by atoms with Crippen LogP contribution in [0.2, 0.25) is 0 Å². The molecule has 0 fully saturated rings. The highest BCUT2D eigenvalue weighted by Gasteiger charge is 2.34. The molecule has 1 N–H and O–H groups in total. The van der Waals surface area contributed by atoms with Crippen molar-refractivity contribution in [2.45, 2.75) is 19.6 Å². The lowest BCUT2D eigenvalue weighted by Gasteiger charge is -2.11. The molecule has 0 bridgehead atoms. The zero-order valence-corrected chi connectivity index (χ0v) is 12.5. The van der Waals surface area contributed by atoms with Crippen molar-refractivity contribution in [2.75, 3.05) is 5.32 Å². The molecule has 2 nitrogen and oxygen atoms in total. The summed E-state index contributed by atoms with van der Waals surface area (Å²) in [6.07, 6.45) is -3.14. The second-order valence-corrected chi connectivity index (χ2v) is 5.25. The van der Waals surface area contributed by atoms with Crippen LogP contribution in [0.15, 0.2) is 35.1 Å². The van der Waals surface area contributed by atoms with E-state index in [1.165, 1.54) is 6.07 Å². The summed E-state index contributed by atoms with van der Waals surface area (Å²) in [7, 11) is 0. The fourth-order valence-electron chi connectivity index (χ4n) is 1.76. The number of hydrogen-bond acceptors (Lipinski definition) is 2. The van der Waals surface area contributed by atoms with Gasteiger partial charge in [-0.2, -0.15) is 13.2 Å². The molecule has 0 aliphatic rings. The van der Waals surface area contributed by atoms with Crippen LogP contribution >= 0.6 is 15.9 Å². The highest BCUT2D eigenvalue weighted by Crippen LogP contribution is 2.32. The zero-order valence-electron chi connectivity index (χ0n) is 10.9. The third-order valence-corrected chi connectivity index (χ3v) is 3.68. The van der Waals surface area contributed by atoms with Gasteiger partial charge in [-0.1, -0.05) is 6.07 Å². The summed E-state index contributed by atoms with van der Waals surface area (Å²) in [4.78, 5) is 4.08. The second-order valence-electron chi connectivity index (χ2n) is 4.50. The second kappa shape index (κ2) is 6.01. The van der Waals surface area contributed by atoms with Gasteiger partial charge in [0.15, 0.2) is 0 Å². The van der Waals surface area contributed by atoms with Crippen molar-refractivity contribution < 1.29 is 17.6 Å². The Hall–Kier alpha value is -1.63. The average molecular weight is 363 g/mol. The summed E-state index contributed by atoms with van der Waals surface area (Å²) >= 11 is 3.26. The van der Waals surface area contributed by atoms with Gasteiger partial charge in [-0.3, -0.25) is 0 Å². The van der Waals surface area contributed by atoms with Crippen molar-refractivity contribution in [2.24, 2.45) is 0 Å². The summed E-state index contributed by atoms with van der Waals surface area (Å²) in [6.45, 7) is 1.99. The summed E-state index contributed by atoms with van der Waals surface area (Å²) in [5.41, 5.74) is 0.653. The standard InChI is InChI=1S/C14H11BrF4N2/c1-8-4-10(7-21-13(8)15)20-6-9-2-3-12(16)11(5-9)14(17,18)19/h2-5,7,20H,6H2,1H3. The molecule has 0 aliphatic carbocycles. The van der Waals surface area contributed by atoms with E-state index in [-0.39, 0.29) is 6.54 Å². The van der Waals surface area contributed by atoms with Crippen LogP contribution in [0, 0.1) is 12.7 Å². The van der Waals surface area contributed by atoms with Crippen LogP contribution in [0.4, 0.5) is 23.2 Å². The number of nitrogens with one attached hydrogen (secondary N) is 1. The average Bonchev–Trinajstić information content (AvgIpc) is 2.40. The van der Waals surface area contributed by atoms with Crippen molar-refractivity contribution in [3.05, 3.63) is 57.6 Å². The first-order valence-electron chi connectivity index (χ1n) is 5.99. The maximum Gasteiger partial charge on any atom is 0.419 e. The zero-order chi connectivity index (χ0) is 15.6. The third-order valence-electron chi connectivity index (χ3n) is 2.85. The van der Waals surface area contributed by atoms with E-state index in [0.29, 0.717) is 15.9 Å². The number of nitrogens with zero attached hydrogens (tertiary/aromatic N) is 1. The van der Waals surface area contributed by atoms with Crippen molar-refractivity contribution in [3.63, 3.8) is 0 Å². The summed E-state index contributed by atoms with van der Waals surface area (Å²) in [5, 5.41) is 2.95. The molecular weight excluding hydrogens is 352 g/mol. The molecule has 112 valence electrons. The highest BCUT2D eigenvalue weighted by molar-refractivity contribution is 9.10. The molecule has 2 rings (SSSR count). The van der Waals surface area contributed by atoms with Crippen LogP contribution in [-0.2, 0) is 12.7 Å². The molecular formula is C14H11BrF4N2. The number of halogens is 5. The van der Waals surface area contributed by atoms with Crippen LogP contribution in [0.3, 0.4) is 0 Å². The first kappa shape index (κ1) is 15.8. The number of hydrogen-bond donors (Lipinski definition) is 1. The number of rotatable bonds is 3. The monoisotopic (exact) mass is 362 g/mol. The molecule has 0 amide bonds. The van der Waals surface area contributed by atoms with Gasteiger partial charge in [0, 0.05) is 6.54 Å². The molecule has 1 heterocycles. The van der Waals surface area contributed by atoms with Crippen molar-refractivity contribution in [3.8, 4) is 0 Å². The van der Waals surface area contributed by atoms with Crippen LogP contribution in [0.1, 0.15) is 16.7 Å². The maximum atomic E-state index is 13.2. The van der Waals surface area contributed by atoms with E-state index in [1.54, 1.807) is 6.20 Å².